The van der Waals surface area contributed by atoms with Crippen LogP contribution in [0, 0.1) is 0 Å². The van der Waals surface area contributed by atoms with Gasteiger partial charge in [0.15, 0.2) is 6.10 Å². The SMILES string of the molecule is C[C@@H](OC(=O)c1c2c(nc3ccccc13)/C(=C\c1cccc(Cl)c1Cl)CCC2)C(=O)N1CCc2ccccc21. The van der Waals surface area contributed by atoms with Crippen LogP contribution in [0.2, 0.25) is 10.0 Å². The lowest BCUT2D eigenvalue weighted by Crippen LogP contribution is -2.39. The molecule has 1 aliphatic heterocycles. The molecule has 0 bridgehead atoms. The van der Waals surface area contributed by atoms with E-state index in [1.54, 1.807) is 17.9 Å². The number of allylic oxidation sites excluding steroid dienone is 1. The monoisotopic (exact) mass is 556 g/mol. The largest absolute Gasteiger partial charge is 0.449 e. The van der Waals surface area contributed by atoms with Gasteiger partial charge >= 0.3 is 5.97 Å². The van der Waals surface area contributed by atoms with Gasteiger partial charge in [0, 0.05) is 17.6 Å². The van der Waals surface area contributed by atoms with Crippen LogP contribution in [0.3, 0.4) is 0 Å². The van der Waals surface area contributed by atoms with Crippen LogP contribution in [-0.4, -0.2) is 29.5 Å². The number of pyridine rings is 1. The molecule has 1 amide bonds. The molecule has 196 valence electrons. The molecule has 6 rings (SSSR count). The van der Waals surface area contributed by atoms with Gasteiger partial charge in [-0.25, -0.2) is 9.78 Å². The lowest BCUT2D eigenvalue weighted by molar-refractivity contribution is -0.126. The van der Waals surface area contributed by atoms with Crippen molar-refractivity contribution in [3.05, 3.63) is 105 Å². The Morgan fingerprint density at radius 1 is 0.974 bits per heavy atom. The second kappa shape index (κ2) is 10.5. The smallest absolute Gasteiger partial charge is 0.339 e. The van der Waals surface area contributed by atoms with Crippen molar-refractivity contribution in [1.29, 1.82) is 0 Å². The number of hydrogen-bond acceptors (Lipinski definition) is 4. The van der Waals surface area contributed by atoms with Crippen molar-refractivity contribution in [2.75, 3.05) is 11.4 Å². The van der Waals surface area contributed by atoms with Crippen molar-refractivity contribution in [1.82, 2.24) is 4.98 Å². The lowest BCUT2D eigenvalue weighted by Gasteiger charge is -2.25. The fourth-order valence-electron chi connectivity index (χ4n) is 5.58. The van der Waals surface area contributed by atoms with E-state index < -0.39 is 12.1 Å². The maximum Gasteiger partial charge on any atom is 0.339 e. The molecule has 0 unspecified atom stereocenters. The molecule has 0 saturated carbocycles. The average molecular weight is 557 g/mol. The van der Waals surface area contributed by atoms with E-state index in [1.165, 1.54) is 0 Å². The van der Waals surface area contributed by atoms with Crippen LogP contribution < -0.4 is 4.90 Å². The summed E-state index contributed by atoms with van der Waals surface area (Å²) < 4.78 is 5.87. The number of para-hydroxylation sites is 2. The first-order valence-corrected chi connectivity index (χ1v) is 13.8. The van der Waals surface area contributed by atoms with Gasteiger partial charge in [0.05, 0.1) is 26.8 Å². The summed E-state index contributed by atoms with van der Waals surface area (Å²) in [7, 11) is 0. The third kappa shape index (κ3) is 4.70. The second-order valence-corrected chi connectivity index (χ2v) is 10.7. The number of aromatic nitrogens is 1. The number of halogens is 2. The van der Waals surface area contributed by atoms with E-state index in [0.29, 0.717) is 34.1 Å². The third-order valence-corrected chi connectivity index (χ3v) is 8.30. The van der Waals surface area contributed by atoms with E-state index in [0.717, 1.165) is 58.3 Å². The highest BCUT2D eigenvalue weighted by Crippen LogP contribution is 2.38. The Morgan fingerprint density at radius 2 is 1.77 bits per heavy atom. The highest BCUT2D eigenvalue weighted by atomic mass is 35.5. The minimum Gasteiger partial charge on any atom is -0.449 e. The van der Waals surface area contributed by atoms with Gasteiger partial charge in [0.2, 0.25) is 0 Å². The second-order valence-electron chi connectivity index (χ2n) is 9.91. The number of esters is 1. The molecule has 3 aromatic carbocycles. The van der Waals surface area contributed by atoms with Crippen molar-refractivity contribution in [2.45, 2.75) is 38.7 Å². The lowest BCUT2D eigenvalue weighted by atomic mass is 9.86. The number of fused-ring (bicyclic) bond motifs is 3. The molecule has 1 aliphatic carbocycles. The topological polar surface area (TPSA) is 59.5 Å². The van der Waals surface area contributed by atoms with E-state index in [2.05, 4.69) is 0 Å². The number of hydrogen-bond donors (Lipinski definition) is 0. The third-order valence-electron chi connectivity index (χ3n) is 7.47. The summed E-state index contributed by atoms with van der Waals surface area (Å²) in [6.45, 7) is 2.22. The fourth-order valence-corrected chi connectivity index (χ4v) is 5.95. The summed E-state index contributed by atoms with van der Waals surface area (Å²) in [4.78, 5) is 33.8. The quantitative estimate of drug-likeness (QED) is 0.243. The first-order valence-electron chi connectivity index (χ1n) is 13.1. The van der Waals surface area contributed by atoms with Crippen LogP contribution in [0.5, 0.6) is 0 Å². The molecule has 7 heteroatoms. The summed E-state index contributed by atoms with van der Waals surface area (Å²) in [6, 6.07) is 20.9. The maximum atomic E-state index is 13.8. The van der Waals surface area contributed by atoms with Crippen LogP contribution in [0.15, 0.2) is 66.7 Å². The van der Waals surface area contributed by atoms with Crippen molar-refractivity contribution in [3.8, 4) is 0 Å². The Balaban J connectivity index is 1.37. The number of benzene rings is 3. The molecule has 0 saturated heterocycles. The molecule has 0 radical (unpaired) electrons. The Hall–Kier alpha value is -3.67. The van der Waals surface area contributed by atoms with E-state index in [4.69, 9.17) is 32.9 Å². The number of rotatable bonds is 4. The van der Waals surface area contributed by atoms with Crippen LogP contribution in [0.25, 0.3) is 22.6 Å². The normalized spacial score (nSPS) is 16.2. The Morgan fingerprint density at radius 3 is 2.64 bits per heavy atom. The number of ether oxygens (including phenoxy) is 1. The van der Waals surface area contributed by atoms with Gasteiger partial charge in [0.1, 0.15) is 0 Å². The van der Waals surface area contributed by atoms with Crippen molar-refractivity contribution < 1.29 is 14.3 Å². The van der Waals surface area contributed by atoms with E-state index in [9.17, 15) is 9.59 Å². The molecule has 2 heterocycles. The fraction of sp³-hybridized carbons (Fsp3) is 0.219. The molecule has 1 atom stereocenters. The summed E-state index contributed by atoms with van der Waals surface area (Å²) in [5, 5.41) is 1.68. The number of carbonyl (C=O) groups is 2. The molecule has 2 aliphatic rings. The van der Waals surface area contributed by atoms with Crippen LogP contribution in [-0.2, 0) is 22.4 Å². The summed E-state index contributed by atoms with van der Waals surface area (Å²) >= 11 is 12.7. The Kier molecular flexibility index (Phi) is 6.88. The van der Waals surface area contributed by atoms with E-state index >= 15 is 0 Å². The average Bonchev–Trinajstić information content (AvgIpc) is 3.38. The number of nitrogens with zero attached hydrogens (tertiary/aromatic N) is 2. The number of amides is 1. The molecule has 5 nitrogen and oxygen atoms in total. The summed E-state index contributed by atoms with van der Waals surface area (Å²) in [5.74, 6) is -0.739. The Bertz CT molecular complexity index is 1660. The van der Waals surface area contributed by atoms with Gasteiger partial charge < -0.3 is 9.64 Å². The van der Waals surface area contributed by atoms with Gasteiger partial charge in [-0.3, -0.25) is 4.79 Å². The van der Waals surface area contributed by atoms with Crippen LogP contribution in [0.4, 0.5) is 5.69 Å². The molecule has 39 heavy (non-hydrogen) atoms. The van der Waals surface area contributed by atoms with Gasteiger partial charge in [-0.05, 0) is 79.1 Å². The van der Waals surface area contributed by atoms with E-state index in [-0.39, 0.29) is 5.91 Å². The minimum atomic E-state index is -0.935. The zero-order chi connectivity index (χ0) is 27.1. The maximum absolute atomic E-state index is 13.8. The molecular weight excluding hydrogens is 531 g/mol. The van der Waals surface area contributed by atoms with Gasteiger partial charge in [0.25, 0.3) is 5.91 Å². The van der Waals surface area contributed by atoms with Crippen LogP contribution >= 0.6 is 23.2 Å². The van der Waals surface area contributed by atoms with Crippen molar-refractivity contribution in [3.63, 3.8) is 0 Å². The first-order chi connectivity index (χ1) is 18.9. The molecule has 0 spiro atoms. The summed E-state index contributed by atoms with van der Waals surface area (Å²) in [6.07, 6.45) is 4.17. The van der Waals surface area contributed by atoms with Gasteiger partial charge in [-0.15, -0.1) is 0 Å². The highest BCUT2D eigenvalue weighted by Gasteiger charge is 2.32. The number of anilines is 1. The summed E-state index contributed by atoms with van der Waals surface area (Å²) in [5.41, 5.74) is 6.55. The minimum absolute atomic E-state index is 0.225. The van der Waals surface area contributed by atoms with Gasteiger partial charge in [-0.2, -0.15) is 0 Å². The predicted molar refractivity (Wildman–Crippen MR) is 156 cm³/mol. The molecule has 0 fully saturated rings. The molecule has 4 aromatic rings. The van der Waals surface area contributed by atoms with Crippen LogP contribution in [0.1, 0.15) is 52.5 Å². The van der Waals surface area contributed by atoms with Crippen molar-refractivity contribution >= 4 is 63.3 Å². The van der Waals surface area contributed by atoms with Gasteiger partial charge in [-0.1, -0.05) is 71.7 Å². The molecular formula is C32H26Cl2N2O3. The van der Waals surface area contributed by atoms with Crippen molar-refractivity contribution in [2.24, 2.45) is 0 Å². The number of carbonyl (C=O) groups excluding carboxylic acids is 2. The van der Waals surface area contributed by atoms with E-state index in [1.807, 2.05) is 66.7 Å². The first kappa shape index (κ1) is 25.6. The zero-order valence-electron chi connectivity index (χ0n) is 21.4. The predicted octanol–water partition coefficient (Wildman–Crippen LogP) is 7.55. The Labute approximate surface area is 237 Å². The molecule has 0 N–H and O–H groups in total. The molecule has 1 aromatic heterocycles. The zero-order valence-corrected chi connectivity index (χ0v) is 22.9. The standard InChI is InChI=1S/C32H26Cl2N2O3/c1-19(31(37)36-17-16-20-8-2-5-15-27(20)36)39-32(38)28-23-11-3-4-14-26(23)35-30-22(10-6-12-24(28)30)18-21-9-7-13-25(33)29(21)34/h2-5,7-9,11,13-15,18-19H,6,10,12,16-17H2,1H3/b22-18-/t19-/m1/s1. The highest BCUT2D eigenvalue weighted by molar-refractivity contribution is 6.43.